The number of ether oxygens (including phenoxy) is 1. The third-order valence-corrected chi connectivity index (χ3v) is 2.39. The van der Waals surface area contributed by atoms with Gasteiger partial charge in [0.2, 0.25) is 0 Å². The molecule has 0 aliphatic heterocycles. The Kier molecular flexibility index (Phi) is 3.87. The second kappa shape index (κ2) is 4.73. The second-order valence-corrected chi connectivity index (χ2v) is 3.45. The Morgan fingerprint density at radius 3 is 2.73 bits per heavy atom. The second-order valence-electron chi connectivity index (χ2n) is 3.45. The van der Waals surface area contributed by atoms with E-state index in [2.05, 4.69) is 5.32 Å². The molecule has 2 heteroatoms. The van der Waals surface area contributed by atoms with Gasteiger partial charge >= 0.3 is 0 Å². The minimum Gasteiger partial charge on any atom is -0.385 e. The Morgan fingerprint density at radius 2 is 2.27 bits per heavy atom. The van der Waals surface area contributed by atoms with Gasteiger partial charge in [-0.1, -0.05) is 12.8 Å². The number of methoxy groups -OCH3 is 1. The average molecular weight is 157 g/mol. The molecule has 2 nitrogen and oxygen atoms in total. The topological polar surface area (TPSA) is 21.3 Å². The van der Waals surface area contributed by atoms with Crippen LogP contribution in [0, 0.1) is 5.92 Å². The summed E-state index contributed by atoms with van der Waals surface area (Å²) < 4.78 is 5.04. The van der Waals surface area contributed by atoms with E-state index in [0.717, 1.165) is 18.9 Å². The first-order valence-corrected chi connectivity index (χ1v) is 4.53. The van der Waals surface area contributed by atoms with Crippen molar-refractivity contribution in [3.8, 4) is 0 Å². The van der Waals surface area contributed by atoms with Crippen LogP contribution in [0.3, 0.4) is 0 Å². The monoisotopic (exact) mass is 157 g/mol. The predicted octanol–water partition coefficient (Wildman–Crippen LogP) is 1.41. The molecule has 1 aliphatic rings. The highest BCUT2D eigenvalue weighted by atomic mass is 16.5. The zero-order chi connectivity index (χ0) is 8.10. The van der Waals surface area contributed by atoms with E-state index < -0.39 is 0 Å². The summed E-state index contributed by atoms with van der Waals surface area (Å²) in [6, 6.07) is 0.683. The summed E-state index contributed by atoms with van der Waals surface area (Å²) in [5, 5.41) is 3.33. The van der Waals surface area contributed by atoms with E-state index in [1.54, 1.807) is 7.11 Å². The highest BCUT2D eigenvalue weighted by Gasteiger charge is 2.24. The van der Waals surface area contributed by atoms with Gasteiger partial charge in [0.1, 0.15) is 0 Å². The van der Waals surface area contributed by atoms with Gasteiger partial charge < -0.3 is 10.1 Å². The van der Waals surface area contributed by atoms with Gasteiger partial charge in [0, 0.05) is 19.8 Å². The van der Waals surface area contributed by atoms with Gasteiger partial charge in [-0.2, -0.15) is 0 Å². The maximum Gasteiger partial charge on any atom is 0.0477 e. The summed E-state index contributed by atoms with van der Waals surface area (Å²) in [5.74, 6) is 1.02. The molecule has 1 fully saturated rings. The van der Waals surface area contributed by atoms with Crippen molar-refractivity contribution < 1.29 is 4.74 Å². The normalized spacial score (nSPS) is 20.2. The largest absolute Gasteiger partial charge is 0.385 e. The van der Waals surface area contributed by atoms with Gasteiger partial charge in [-0.3, -0.25) is 0 Å². The first-order valence-electron chi connectivity index (χ1n) is 4.53. The maximum absolute atomic E-state index is 5.04. The summed E-state index contributed by atoms with van der Waals surface area (Å²) >= 11 is 0. The molecule has 11 heavy (non-hydrogen) atoms. The molecule has 0 spiro atoms. The Hall–Kier alpha value is -0.0800. The van der Waals surface area contributed by atoms with Crippen molar-refractivity contribution in [2.75, 3.05) is 20.8 Å². The molecule has 0 bridgehead atoms. The van der Waals surface area contributed by atoms with Crippen LogP contribution in [0.25, 0.3) is 0 Å². The number of rotatable bonds is 6. The molecule has 1 saturated carbocycles. The maximum atomic E-state index is 5.04. The van der Waals surface area contributed by atoms with Crippen LogP contribution in [0.15, 0.2) is 0 Å². The molecule has 1 rings (SSSR count). The fourth-order valence-corrected chi connectivity index (χ4v) is 1.40. The molecule has 0 aromatic heterocycles. The van der Waals surface area contributed by atoms with Crippen LogP contribution in [-0.2, 0) is 4.74 Å². The van der Waals surface area contributed by atoms with E-state index in [1.165, 1.54) is 19.3 Å². The van der Waals surface area contributed by atoms with Gasteiger partial charge in [0.25, 0.3) is 0 Å². The van der Waals surface area contributed by atoms with E-state index in [4.69, 9.17) is 4.74 Å². The minimum atomic E-state index is 0.683. The molecule has 0 amide bonds. The lowest BCUT2D eigenvalue weighted by Crippen LogP contribution is -2.27. The molecule has 0 radical (unpaired) electrons. The molecular formula is C9H19NO. The highest BCUT2D eigenvalue weighted by Crippen LogP contribution is 2.33. The van der Waals surface area contributed by atoms with E-state index in [-0.39, 0.29) is 0 Å². The van der Waals surface area contributed by atoms with Crippen LogP contribution in [0.5, 0.6) is 0 Å². The zero-order valence-electron chi connectivity index (χ0n) is 7.60. The molecule has 1 unspecified atom stereocenters. The first-order chi connectivity index (χ1) is 5.36. The lowest BCUT2D eigenvalue weighted by molar-refractivity contribution is 0.181. The van der Waals surface area contributed by atoms with Crippen molar-refractivity contribution in [3.63, 3.8) is 0 Å². The van der Waals surface area contributed by atoms with Gasteiger partial charge in [-0.05, 0) is 25.8 Å². The van der Waals surface area contributed by atoms with Crippen LogP contribution in [0.2, 0.25) is 0 Å². The number of hydrogen-bond acceptors (Lipinski definition) is 2. The van der Waals surface area contributed by atoms with Crippen LogP contribution in [-0.4, -0.2) is 26.8 Å². The average Bonchev–Trinajstić information content (AvgIpc) is 2.81. The molecule has 66 valence electrons. The molecule has 0 saturated heterocycles. The van der Waals surface area contributed by atoms with Crippen molar-refractivity contribution in [3.05, 3.63) is 0 Å². The van der Waals surface area contributed by atoms with Crippen LogP contribution in [0.1, 0.15) is 25.7 Å². The molecule has 0 aromatic carbocycles. The zero-order valence-corrected chi connectivity index (χ0v) is 7.60. The van der Waals surface area contributed by atoms with E-state index >= 15 is 0 Å². The Labute approximate surface area is 69.3 Å². The SMILES string of the molecule is CNC(CCOC)CC1CC1. The Morgan fingerprint density at radius 1 is 1.55 bits per heavy atom. The van der Waals surface area contributed by atoms with Crippen molar-refractivity contribution in [1.82, 2.24) is 5.32 Å². The van der Waals surface area contributed by atoms with Gasteiger partial charge in [-0.15, -0.1) is 0 Å². The standard InChI is InChI=1S/C9H19NO/c1-10-9(5-6-11-2)7-8-3-4-8/h8-10H,3-7H2,1-2H3. The van der Waals surface area contributed by atoms with Crippen molar-refractivity contribution in [1.29, 1.82) is 0 Å². The quantitative estimate of drug-likeness (QED) is 0.629. The lowest BCUT2D eigenvalue weighted by atomic mass is 10.1. The van der Waals surface area contributed by atoms with E-state index in [9.17, 15) is 0 Å². The smallest absolute Gasteiger partial charge is 0.0477 e. The summed E-state index contributed by atoms with van der Waals surface area (Å²) in [6.45, 7) is 0.887. The molecule has 0 aromatic rings. The predicted molar refractivity (Wildman–Crippen MR) is 46.7 cm³/mol. The van der Waals surface area contributed by atoms with Gasteiger partial charge in [-0.25, -0.2) is 0 Å². The fraction of sp³-hybridized carbons (Fsp3) is 1.00. The van der Waals surface area contributed by atoms with E-state index in [1.807, 2.05) is 7.05 Å². The summed E-state index contributed by atoms with van der Waals surface area (Å²) in [7, 11) is 3.81. The fourth-order valence-electron chi connectivity index (χ4n) is 1.40. The Balaban J connectivity index is 2.02. The van der Waals surface area contributed by atoms with Gasteiger partial charge in [0.15, 0.2) is 0 Å². The molecule has 1 atom stereocenters. The highest BCUT2D eigenvalue weighted by molar-refractivity contribution is 4.79. The van der Waals surface area contributed by atoms with Crippen molar-refractivity contribution >= 4 is 0 Å². The van der Waals surface area contributed by atoms with Crippen LogP contribution in [0.4, 0.5) is 0 Å². The van der Waals surface area contributed by atoms with Crippen molar-refractivity contribution in [2.45, 2.75) is 31.7 Å². The van der Waals surface area contributed by atoms with Crippen LogP contribution < -0.4 is 5.32 Å². The lowest BCUT2D eigenvalue weighted by Gasteiger charge is -2.14. The minimum absolute atomic E-state index is 0.683. The first kappa shape index (κ1) is 9.01. The van der Waals surface area contributed by atoms with Gasteiger partial charge in [0.05, 0.1) is 0 Å². The molecule has 0 heterocycles. The number of nitrogens with one attached hydrogen (secondary N) is 1. The molecule has 1 N–H and O–H groups in total. The summed E-state index contributed by atoms with van der Waals surface area (Å²) in [6.07, 6.45) is 5.40. The van der Waals surface area contributed by atoms with E-state index in [0.29, 0.717) is 6.04 Å². The molecule has 1 aliphatic carbocycles. The molecular weight excluding hydrogens is 138 g/mol. The summed E-state index contributed by atoms with van der Waals surface area (Å²) in [4.78, 5) is 0. The van der Waals surface area contributed by atoms with Crippen LogP contribution >= 0.6 is 0 Å². The Bertz CT molecular complexity index is 102. The summed E-state index contributed by atoms with van der Waals surface area (Å²) in [5.41, 5.74) is 0. The number of hydrogen-bond donors (Lipinski definition) is 1. The third kappa shape index (κ3) is 3.73. The third-order valence-electron chi connectivity index (χ3n) is 2.39. The van der Waals surface area contributed by atoms with Crippen molar-refractivity contribution in [2.24, 2.45) is 5.92 Å².